The Hall–Kier alpha value is -0.795. The molecular formula is C12H21BO2. The van der Waals surface area contributed by atoms with Crippen LogP contribution in [-0.4, -0.2) is 17.2 Å². The standard InChI is InChI=1S/C12H17BO2.2H2/c14-13(15)12-8-6-11(7-9-12)10-4-2-1-3-5-10;;/h6-10,14-15H,1-5H2;2*1H. The van der Waals surface area contributed by atoms with Gasteiger partial charge in [-0.25, -0.2) is 0 Å². The van der Waals surface area contributed by atoms with Gasteiger partial charge in [-0.05, 0) is 29.8 Å². The molecule has 0 aromatic heterocycles. The Kier molecular flexibility index (Phi) is 3.44. The van der Waals surface area contributed by atoms with Crippen LogP contribution in [0.4, 0.5) is 0 Å². The molecule has 1 aliphatic carbocycles. The first kappa shape index (κ1) is 10.7. The van der Waals surface area contributed by atoms with E-state index in [2.05, 4.69) is 0 Å². The molecule has 2 nitrogen and oxygen atoms in total. The van der Waals surface area contributed by atoms with E-state index >= 15 is 0 Å². The minimum Gasteiger partial charge on any atom is -0.423 e. The minimum atomic E-state index is -1.34. The summed E-state index contributed by atoms with van der Waals surface area (Å²) in [6.07, 6.45) is 6.58. The summed E-state index contributed by atoms with van der Waals surface area (Å²) in [6, 6.07) is 7.69. The summed E-state index contributed by atoms with van der Waals surface area (Å²) < 4.78 is 0. The maximum atomic E-state index is 8.98. The van der Waals surface area contributed by atoms with E-state index in [1.807, 2.05) is 24.3 Å². The molecule has 1 aromatic rings. The molecule has 0 bridgehead atoms. The summed E-state index contributed by atoms with van der Waals surface area (Å²) in [5, 5.41) is 18.0. The van der Waals surface area contributed by atoms with Crippen molar-refractivity contribution >= 4 is 12.6 Å². The highest BCUT2D eigenvalue weighted by Gasteiger charge is 2.16. The molecule has 0 unspecified atom stereocenters. The molecule has 0 heterocycles. The molecule has 0 amide bonds. The van der Waals surface area contributed by atoms with E-state index in [0.717, 1.165) is 0 Å². The van der Waals surface area contributed by atoms with E-state index in [9.17, 15) is 0 Å². The zero-order valence-electron chi connectivity index (χ0n) is 8.89. The molecule has 3 heteroatoms. The predicted octanol–water partition coefficient (Wildman–Crippen LogP) is 1.91. The molecule has 15 heavy (non-hydrogen) atoms. The van der Waals surface area contributed by atoms with Gasteiger partial charge in [0.2, 0.25) is 0 Å². The van der Waals surface area contributed by atoms with Crippen molar-refractivity contribution in [2.75, 3.05) is 0 Å². The normalized spacial score (nSPS) is 17.7. The number of rotatable bonds is 2. The molecular weight excluding hydrogens is 187 g/mol. The van der Waals surface area contributed by atoms with Gasteiger partial charge in [0.15, 0.2) is 0 Å². The highest BCUT2D eigenvalue weighted by Crippen LogP contribution is 2.31. The third kappa shape index (κ3) is 2.61. The Morgan fingerprint density at radius 1 is 1.00 bits per heavy atom. The van der Waals surface area contributed by atoms with Gasteiger partial charge in [-0.3, -0.25) is 0 Å². The van der Waals surface area contributed by atoms with Crippen molar-refractivity contribution in [2.24, 2.45) is 0 Å². The van der Waals surface area contributed by atoms with Crippen molar-refractivity contribution in [2.45, 2.75) is 38.0 Å². The van der Waals surface area contributed by atoms with Crippen LogP contribution in [0.3, 0.4) is 0 Å². The Bertz CT molecular complexity index is 311. The molecule has 2 rings (SSSR count). The van der Waals surface area contributed by atoms with Gasteiger partial charge in [0, 0.05) is 2.85 Å². The molecule has 1 saturated carbocycles. The summed E-state index contributed by atoms with van der Waals surface area (Å²) in [4.78, 5) is 0. The van der Waals surface area contributed by atoms with Crippen molar-refractivity contribution in [3.05, 3.63) is 29.8 Å². The molecule has 2 N–H and O–H groups in total. The zero-order valence-corrected chi connectivity index (χ0v) is 8.89. The maximum absolute atomic E-state index is 8.98. The maximum Gasteiger partial charge on any atom is 0.488 e. The van der Waals surface area contributed by atoms with Crippen LogP contribution >= 0.6 is 0 Å². The van der Waals surface area contributed by atoms with Crippen molar-refractivity contribution in [3.8, 4) is 0 Å². The third-order valence-corrected chi connectivity index (χ3v) is 3.31. The highest BCUT2D eigenvalue weighted by molar-refractivity contribution is 6.58. The Morgan fingerprint density at radius 2 is 1.60 bits per heavy atom. The SMILES string of the molecule is OB(O)c1ccc(C2CCCCC2)cc1.[HH].[HH]. The van der Waals surface area contributed by atoms with Gasteiger partial charge in [0.25, 0.3) is 0 Å². The lowest BCUT2D eigenvalue weighted by atomic mass is 9.78. The average molecular weight is 208 g/mol. The van der Waals surface area contributed by atoms with Crippen LogP contribution in [0, 0.1) is 0 Å². The number of benzene rings is 1. The minimum absolute atomic E-state index is 0. The van der Waals surface area contributed by atoms with Crippen LogP contribution in [-0.2, 0) is 0 Å². The zero-order chi connectivity index (χ0) is 10.7. The van der Waals surface area contributed by atoms with Crippen LogP contribution in [0.1, 0.15) is 46.4 Å². The van der Waals surface area contributed by atoms with Crippen molar-refractivity contribution in [1.29, 1.82) is 0 Å². The van der Waals surface area contributed by atoms with Gasteiger partial charge >= 0.3 is 7.12 Å². The first-order valence-corrected chi connectivity index (χ1v) is 5.73. The number of hydrogen-bond acceptors (Lipinski definition) is 2. The Labute approximate surface area is 94.1 Å². The smallest absolute Gasteiger partial charge is 0.423 e. The first-order chi connectivity index (χ1) is 7.27. The van der Waals surface area contributed by atoms with Gasteiger partial charge in [-0.15, -0.1) is 0 Å². The third-order valence-electron chi connectivity index (χ3n) is 3.31. The lowest BCUT2D eigenvalue weighted by molar-refractivity contribution is 0.425. The van der Waals surface area contributed by atoms with Crippen LogP contribution in [0.25, 0.3) is 0 Å². The molecule has 0 atom stereocenters. The van der Waals surface area contributed by atoms with Gasteiger partial charge in [-0.1, -0.05) is 43.5 Å². The summed E-state index contributed by atoms with van der Waals surface area (Å²) in [7, 11) is -1.34. The second kappa shape index (κ2) is 4.82. The van der Waals surface area contributed by atoms with Crippen LogP contribution < -0.4 is 5.46 Å². The highest BCUT2D eigenvalue weighted by atomic mass is 16.4. The molecule has 84 valence electrons. The van der Waals surface area contributed by atoms with Gasteiger partial charge in [0.05, 0.1) is 0 Å². The molecule has 1 aromatic carbocycles. The number of hydrogen-bond donors (Lipinski definition) is 2. The van der Waals surface area contributed by atoms with E-state index in [1.165, 1.54) is 37.7 Å². The summed E-state index contributed by atoms with van der Waals surface area (Å²) in [6.45, 7) is 0. The largest absolute Gasteiger partial charge is 0.488 e. The summed E-state index contributed by atoms with van der Waals surface area (Å²) in [5.74, 6) is 0.684. The van der Waals surface area contributed by atoms with Gasteiger partial charge in [-0.2, -0.15) is 0 Å². The van der Waals surface area contributed by atoms with E-state index in [-0.39, 0.29) is 2.85 Å². The second-order valence-corrected chi connectivity index (χ2v) is 4.38. The monoisotopic (exact) mass is 208 g/mol. The van der Waals surface area contributed by atoms with Gasteiger partial charge < -0.3 is 10.0 Å². The Balaban J connectivity index is 0.00000128. The fraction of sp³-hybridized carbons (Fsp3) is 0.500. The lowest BCUT2D eigenvalue weighted by Gasteiger charge is -2.22. The van der Waals surface area contributed by atoms with E-state index < -0.39 is 7.12 Å². The quantitative estimate of drug-likeness (QED) is 0.728. The van der Waals surface area contributed by atoms with E-state index in [1.54, 1.807) is 0 Å². The molecule has 0 saturated heterocycles. The molecule has 0 spiro atoms. The lowest BCUT2D eigenvalue weighted by Crippen LogP contribution is -2.29. The fourth-order valence-corrected chi connectivity index (χ4v) is 2.38. The van der Waals surface area contributed by atoms with Crippen LogP contribution in [0.5, 0.6) is 0 Å². The molecule has 1 fully saturated rings. The van der Waals surface area contributed by atoms with Crippen LogP contribution in [0.2, 0.25) is 0 Å². The topological polar surface area (TPSA) is 40.5 Å². The first-order valence-electron chi connectivity index (χ1n) is 5.73. The summed E-state index contributed by atoms with van der Waals surface area (Å²) in [5.41, 5.74) is 1.92. The average Bonchev–Trinajstić information content (AvgIpc) is 2.30. The Morgan fingerprint density at radius 3 is 2.13 bits per heavy atom. The molecule has 0 aliphatic heterocycles. The van der Waals surface area contributed by atoms with Crippen molar-refractivity contribution < 1.29 is 12.9 Å². The van der Waals surface area contributed by atoms with Crippen molar-refractivity contribution in [3.63, 3.8) is 0 Å². The summed E-state index contributed by atoms with van der Waals surface area (Å²) >= 11 is 0. The fourth-order valence-electron chi connectivity index (χ4n) is 2.38. The van der Waals surface area contributed by atoms with Crippen molar-refractivity contribution in [1.82, 2.24) is 0 Å². The molecule has 1 aliphatic rings. The second-order valence-electron chi connectivity index (χ2n) is 4.38. The molecule has 0 radical (unpaired) electrons. The van der Waals surface area contributed by atoms with E-state index in [4.69, 9.17) is 10.0 Å². The van der Waals surface area contributed by atoms with Gasteiger partial charge in [0.1, 0.15) is 0 Å². The van der Waals surface area contributed by atoms with E-state index in [0.29, 0.717) is 11.4 Å². The van der Waals surface area contributed by atoms with Crippen LogP contribution in [0.15, 0.2) is 24.3 Å². The predicted molar refractivity (Wildman–Crippen MR) is 66.3 cm³/mol.